The molecule has 12 heteroatoms. The molecule has 194 valence electrons. The predicted molar refractivity (Wildman–Crippen MR) is 134 cm³/mol. The summed E-state index contributed by atoms with van der Waals surface area (Å²) in [6.07, 6.45) is 3.27. The number of rotatable bonds is 7. The number of halogens is 4. The predicted octanol–water partition coefficient (Wildman–Crippen LogP) is 3.55. The summed E-state index contributed by atoms with van der Waals surface area (Å²) >= 11 is 11.4. The number of benzene rings is 2. The summed E-state index contributed by atoms with van der Waals surface area (Å²) in [6, 6.07) is 5.89. The third kappa shape index (κ3) is 6.19. The van der Waals surface area contributed by atoms with Crippen molar-refractivity contribution in [2.24, 2.45) is 0 Å². The number of fused-ring (bicyclic) bond motifs is 1. The third-order valence-electron chi connectivity index (χ3n) is 6.12. The zero-order valence-corrected chi connectivity index (χ0v) is 20.9. The molecule has 0 aliphatic carbocycles. The van der Waals surface area contributed by atoms with Crippen LogP contribution in [0.3, 0.4) is 0 Å². The van der Waals surface area contributed by atoms with E-state index in [9.17, 15) is 28.7 Å². The molecule has 2 heterocycles. The van der Waals surface area contributed by atoms with Gasteiger partial charge in [-0.2, -0.15) is 5.26 Å². The molecule has 0 spiro atoms. The molecule has 1 aliphatic rings. The monoisotopic (exact) mass is 550 g/mol. The SMILES string of the molecule is N#Cn1cc(C(=O)NC2CCN(CC(O)COc3ccc(Cl)c(F)c3)CC2)c(=O)c2cc(F)c(Cl)cc21. The number of nitrogens with one attached hydrogen (secondary N) is 1. The number of pyridine rings is 1. The lowest BCUT2D eigenvalue weighted by Crippen LogP contribution is -2.47. The maximum Gasteiger partial charge on any atom is 0.257 e. The Bertz CT molecular complexity index is 1430. The minimum Gasteiger partial charge on any atom is -0.491 e. The molecule has 1 aromatic heterocycles. The standard InChI is InChI=1S/C25H22Cl2F2N4O4/c26-19-2-1-16(7-21(19)28)37-12-15(34)10-32-5-3-14(4-6-32)31-25(36)18-11-33(13-30)23-9-20(27)22(29)8-17(23)24(18)35/h1-2,7-9,11,14-15,34H,3-6,10,12H2,(H,31,36). The van der Waals surface area contributed by atoms with Crippen molar-refractivity contribution in [1.82, 2.24) is 14.8 Å². The van der Waals surface area contributed by atoms with Crippen LogP contribution in [-0.4, -0.2) is 58.9 Å². The molecule has 1 amide bonds. The summed E-state index contributed by atoms with van der Waals surface area (Å²) in [5.74, 6) is -1.83. The number of carbonyl (C=O) groups excluding carboxylic acids is 1. The van der Waals surface area contributed by atoms with Crippen molar-refractivity contribution in [2.45, 2.75) is 25.0 Å². The molecular weight excluding hydrogens is 529 g/mol. The Hall–Kier alpha value is -3.23. The molecule has 1 unspecified atom stereocenters. The summed E-state index contributed by atoms with van der Waals surface area (Å²) in [6.45, 7) is 1.43. The molecule has 0 radical (unpaired) electrons. The van der Waals surface area contributed by atoms with Gasteiger partial charge in [-0.3, -0.25) is 14.2 Å². The van der Waals surface area contributed by atoms with Gasteiger partial charge < -0.3 is 20.1 Å². The number of piperidine rings is 1. The van der Waals surface area contributed by atoms with Crippen molar-refractivity contribution in [2.75, 3.05) is 26.2 Å². The highest BCUT2D eigenvalue weighted by atomic mass is 35.5. The number of nitrogens with zero attached hydrogens (tertiary/aromatic N) is 3. The Morgan fingerprint density at radius 2 is 1.89 bits per heavy atom. The Kier molecular flexibility index (Phi) is 8.29. The highest BCUT2D eigenvalue weighted by Gasteiger charge is 2.25. The average Bonchev–Trinajstić information content (AvgIpc) is 2.87. The van der Waals surface area contributed by atoms with E-state index in [0.717, 1.165) is 22.9 Å². The maximum absolute atomic E-state index is 13.9. The van der Waals surface area contributed by atoms with Crippen LogP contribution >= 0.6 is 23.2 Å². The number of aliphatic hydroxyl groups is 1. The number of carbonyl (C=O) groups is 1. The van der Waals surface area contributed by atoms with Gasteiger partial charge in [0, 0.05) is 37.9 Å². The van der Waals surface area contributed by atoms with Crippen LogP contribution in [0.25, 0.3) is 10.9 Å². The zero-order chi connectivity index (χ0) is 26.7. The van der Waals surface area contributed by atoms with E-state index in [0.29, 0.717) is 32.5 Å². The molecule has 0 saturated carbocycles. The van der Waals surface area contributed by atoms with Gasteiger partial charge in [-0.05, 0) is 37.1 Å². The molecule has 3 aromatic rings. The van der Waals surface area contributed by atoms with E-state index in [1.807, 2.05) is 11.1 Å². The van der Waals surface area contributed by atoms with Gasteiger partial charge in [-0.15, -0.1) is 0 Å². The number of ether oxygens (including phenoxy) is 1. The third-order valence-corrected chi connectivity index (χ3v) is 6.72. The number of aliphatic hydroxyl groups excluding tert-OH is 1. The quantitative estimate of drug-likeness (QED) is 0.465. The fraction of sp³-hybridized carbons (Fsp3) is 0.320. The van der Waals surface area contributed by atoms with Crippen molar-refractivity contribution in [3.63, 3.8) is 0 Å². The van der Waals surface area contributed by atoms with Crippen LogP contribution in [0.2, 0.25) is 10.0 Å². The second-order valence-electron chi connectivity index (χ2n) is 8.71. The number of nitriles is 1. The van der Waals surface area contributed by atoms with Gasteiger partial charge in [0.15, 0.2) is 6.19 Å². The molecular formula is C25H22Cl2F2N4O4. The number of hydrogen-bond donors (Lipinski definition) is 2. The van der Waals surface area contributed by atoms with Crippen molar-refractivity contribution in [3.8, 4) is 11.9 Å². The summed E-state index contributed by atoms with van der Waals surface area (Å²) < 4.78 is 33.9. The summed E-state index contributed by atoms with van der Waals surface area (Å²) in [7, 11) is 0. The van der Waals surface area contributed by atoms with Gasteiger partial charge in [-0.1, -0.05) is 23.2 Å². The van der Waals surface area contributed by atoms with Gasteiger partial charge >= 0.3 is 0 Å². The van der Waals surface area contributed by atoms with E-state index in [-0.39, 0.29) is 44.9 Å². The van der Waals surface area contributed by atoms with Crippen molar-refractivity contribution in [3.05, 3.63) is 74.0 Å². The summed E-state index contributed by atoms with van der Waals surface area (Å²) in [5.41, 5.74) is -0.868. The minimum atomic E-state index is -0.825. The van der Waals surface area contributed by atoms with Crippen molar-refractivity contribution >= 4 is 40.0 Å². The highest BCUT2D eigenvalue weighted by molar-refractivity contribution is 6.31. The van der Waals surface area contributed by atoms with Crippen LogP contribution in [-0.2, 0) is 0 Å². The maximum atomic E-state index is 13.9. The molecule has 2 aromatic carbocycles. The van der Waals surface area contributed by atoms with E-state index in [1.54, 1.807) is 0 Å². The first-order valence-corrected chi connectivity index (χ1v) is 12.2. The molecule has 8 nitrogen and oxygen atoms in total. The van der Waals surface area contributed by atoms with Crippen LogP contribution in [0, 0.1) is 23.1 Å². The van der Waals surface area contributed by atoms with Crippen LogP contribution in [0.5, 0.6) is 5.75 Å². The molecule has 2 N–H and O–H groups in total. The van der Waals surface area contributed by atoms with Gasteiger partial charge in [-0.25, -0.2) is 8.78 Å². The lowest BCUT2D eigenvalue weighted by atomic mass is 10.0. The van der Waals surface area contributed by atoms with Gasteiger partial charge in [0.2, 0.25) is 5.43 Å². The second kappa shape index (κ2) is 11.4. The topological polar surface area (TPSA) is 108 Å². The normalized spacial score (nSPS) is 15.4. The molecule has 4 rings (SSSR count). The molecule has 0 bridgehead atoms. The Labute approximate surface area is 220 Å². The molecule has 37 heavy (non-hydrogen) atoms. The molecule has 1 saturated heterocycles. The Balaban J connectivity index is 1.32. The van der Waals surface area contributed by atoms with Crippen LogP contribution in [0.4, 0.5) is 8.78 Å². The van der Waals surface area contributed by atoms with Gasteiger partial charge in [0.05, 0.1) is 20.9 Å². The largest absolute Gasteiger partial charge is 0.491 e. The smallest absolute Gasteiger partial charge is 0.257 e. The van der Waals surface area contributed by atoms with Crippen LogP contribution < -0.4 is 15.5 Å². The van der Waals surface area contributed by atoms with E-state index in [1.165, 1.54) is 18.2 Å². The fourth-order valence-electron chi connectivity index (χ4n) is 4.20. The van der Waals surface area contributed by atoms with Gasteiger partial charge in [0.25, 0.3) is 5.91 Å². The number of β-amino-alcohol motifs (C(OH)–C–C–N with tert-alkyl or cyclic N) is 1. The lowest BCUT2D eigenvalue weighted by molar-refractivity contribution is 0.0567. The van der Waals surface area contributed by atoms with Crippen LogP contribution in [0.1, 0.15) is 23.2 Å². The number of amides is 1. The molecule has 1 atom stereocenters. The lowest BCUT2D eigenvalue weighted by Gasteiger charge is -2.33. The Morgan fingerprint density at radius 1 is 1.19 bits per heavy atom. The zero-order valence-electron chi connectivity index (χ0n) is 19.4. The van der Waals surface area contributed by atoms with Gasteiger partial charge in [0.1, 0.15) is 35.7 Å². The first-order chi connectivity index (χ1) is 17.7. The Morgan fingerprint density at radius 3 is 2.57 bits per heavy atom. The van der Waals surface area contributed by atoms with E-state index in [2.05, 4.69) is 5.32 Å². The number of likely N-dealkylation sites (tertiary alicyclic amines) is 1. The summed E-state index contributed by atoms with van der Waals surface area (Å²) in [5, 5.41) is 22.2. The van der Waals surface area contributed by atoms with Crippen molar-refractivity contribution < 1.29 is 23.4 Å². The molecule has 1 aliphatic heterocycles. The van der Waals surface area contributed by atoms with E-state index >= 15 is 0 Å². The van der Waals surface area contributed by atoms with E-state index < -0.39 is 29.1 Å². The minimum absolute atomic E-state index is 0.0157. The highest BCUT2D eigenvalue weighted by Crippen LogP contribution is 2.22. The number of aromatic nitrogens is 1. The number of hydrogen-bond acceptors (Lipinski definition) is 6. The van der Waals surface area contributed by atoms with Crippen molar-refractivity contribution in [1.29, 1.82) is 5.26 Å². The van der Waals surface area contributed by atoms with Crippen LogP contribution in [0.15, 0.2) is 41.3 Å². The first-order valence-electron chi connectivity index (χ1n) is 11.4. The second-order valence-corrected chi connectivity index (χ2v) is 9.53. The average molecular weight is 551 g/mol. The fourth-order valence-corrected chi connectivity index (χ4v) is 4.47. The first kappa shape index (κ1) is 26.8. The molecule has 1 fully saturated rings. The van der Waals surface area contributed by atoms with E-state index in [4.69, 9.17) is 27.9 Å². The summed E-state index contributed by atoms with van der Waals surface area (Å²) in [4.78, 5) is 27.7.